The third kappa shape index (κ3) is 5.68. The maximum absolute atomic E-state index is 13.2. The summed E-state index contributed by atoms with van der Waals surface area (Å²) in [5.74, 6) is 0.428. The van der Waals surface area contributed by atoms with Crippen LogP contribution in [0.1, 0.15) is 18.4 Å². The van der Waals surface area contributed by atoms with Crippen LogP contribution in [0.25, 0.3) is 0 Å². The number of sulfonamides is 1. The maximum Gasteiger partial charge on any atom is 0.246 e. The van der Waals surface area contributed by atoms with E-state index in [4.69, 9.17) is 4.74 Å². The topological polar surface area (TPSA) is 91.8 Å². The number of nitrogens with one attached hydrogen (secondary N) is 1. The second kappa shape index (κ2) is 10.9. The predicted octanol–water partition coefficient (Wildman–Crippen LogP) is 2.36. The highest BCUT2D eigenvalue weighted by Crippen LogP contribution is 2.29. The van der Waals surface area contributed by atoms with Gasteiger partial charge in [0.05, 0.1) is 13.2 Å². The van der Waals surface area contributed by atoms with Gasteiger partial charge in [0, 0.05) is 49.7 Å². The summed E-state index contributed by atoms with van der Waals surface area (Å²) in [6, 6.07) is 11.5. The van der Waals surface area contributed by atoms with Gasteiger partial charge < -0.3 is 15.0 Å². The monoisotopic (exact) mass is 490 g/mol. The molecule has 1 aromatic heterocycles. The van der Waals surface area contributed by atoms with Crippen molar-refractivity contribution >= 4 is 33.5 Å². The van der Waals surface area contributed by atoms with Crippen LogP contribution in [0.2, 0.25) is 0 Å². The van der Waals surface area contributed by atoms with Crippen molar-refractivity contribution in [3.8, 4) is 0 Å². The van der Waals surface area contributed by atoms with Crippen molar-refractivity contribution in [1.82, 2.24) is 14.6 Å². The highest BCUT2D eigenvalue weighted by atomic mass is 32.2. The molecule has 1 N–H and O–H groups in total. The van der Waals surface area contributed by atoms with E-state index in [-0.39, 0.29) is 16.7 Å². The summed E-state index contributed by atoms with van der Waals surface area (Å²) in [4.78, 5) is 20.5. The minimum atomic E-state index is -3.65. The van der Waals surface area contributed by atoms with Crippen LogP contribution < -0.4 is 10.2 Å². The lowest BCUT2D eigenvalue weighted by atomic mass is 9.96. The number of pyridine rings is 1. The summed E-state index contributed by atoms with van der Waals surface area (Å²) >= 11 is 1.69. The normalized spacial score (nSPS) is 18.3. The first-order valence-electron chi connectivity index (χ1n) is 11.2. The van der Waals surface area contributed by atoms with E-state index >= 15 is 0 Å². The molecule has 2 fully saturated rings. The maximum atomic E-state index is 13.2. The van der Waals surface area contributed by atoms with E-state index in [0.717, 1.165) is 5.56 Å². The molecule has 0 aliphatic carbocycles. The summed E-state index contributed by atoms with van der Waals surface area (Å²) in [7, 11) is -3.65. The van der Waals surface area contributed by atoms with E-state index < -0.39 is 10.0 Å². The molecule has 2 aliphatic heterocycles. The minimum Gasteiger partial charge on any atom is -0.379 e. The van der Waals surface area contributed by atoms with Crippen molar-refractivity contribution < 1.29 is 17.9 Å². The molecule has 0 radical (unpaired) electrons. The van der Waals surface area contributed by atoms with Crippen LogP contribution in [0.15, 0.2) is 52.4 Å². The molecular formula is C23H30N4O4S2. The second-order valence-electron chi connectivity index (χ2n) is 8.17. The number of ether oxygens (including phenoxy) is 1. The Hall–Kier alpha value is -2.14. The summed E-state index contributed by atoms with van der Waals surface area (Å²) in [5, 5.41) is 3.05. The molecule has 4 rings (SSSR count). The fourth-order valence-corrected chi connectivity index (χ4v) is 6.16. The highest BCUT2D eigenvalue weighted by Gasteiger charge is 2.33. The number of nitrogens with zero attached hydrogens (tertiary/aromatic N) is 3. The van der Waals surface area contributed by atoms with Gasteiger partial charge in [-0.05, 0) is 48.9 Å². The molecule has 33 heavy (non-hydrogen) atoms. The van der Waals surface area contributed by atoms with E-state index in [1.54, 1.807) is 30.1 Å². The number of thioether (sulfide) groups is 1. The Labute approximate surface area is 199 Å². The van der Waals surface area contributed by atoms with Gasteiger partial charge in [-0.2, -0.15) is 4.31 Å². The lowest BCUT2D eigenvalue weighted by Gasteiger charge is -2.34. The van der Waals surface area contributed by atoms with Crippen LogP contribution in [0, 0.1) is 5.92 Å². The Balaban J connectivity index is 1.36. The van der Waals surface area contributed by atoms with E-state index in [1.807, 2.05) is 23.3 Å². The standard InChI is InChI=1S/C23H30N4O4S2/c1-32-20-6-4-18(5-7-20)17-25-23(28)19-8-11-26(12-9-19)22-21(3-2-10-24-22)33(29,30)27-13-15-31-16-14-27/h2-7,10,19H,8-9,11-17H2,1H3,(H,25,28). The summed E-state index contributed by atoms with van der Waals surface area (Å²) in [6.07, 6.45) is 4.97. The van der Waals surface area contributed by atoms with E-state index in [1.165, 1.54) is 9.20 Å². The Morgan fingerprint density at radius 3 is 2.48 bits per heavy atom. The molecule has 0 saturated carbocycles. The van der Waals surface area contributed by atoms with Crippen LogP contribution in [0.4, 0.5) is 5.82 Å². The number of aromatic nitrogens is 1. The van der Waals surface area contributed by atoms with E-state index in [9.17, 15) is 13.2 Å². The number of rotatable bonds is 7. The molecule has 0 bridgehead atoms. The molecule has 2 saturated heterocycles. The van der Waals surface area contributed by atoms with Gasteiger partial charge in [-0.15, -0.1) is 11.8 Å². The molecule has 2 aromatic rings. The van der Waals surface area contributed by atoms with Crippen LogP contribution >= 0.6 is 11.8 Å². The molecule has 178 valence electrons. The summed E-state index contributed by atoms with van der Waals surface area (Å²) in [6.45, 7) is 3.17. The molecule has 2 aliphatic rings. The van der Waals surface area contributed by atoms with Crippen LogP contribution in [0.3, 0.4) is 0 Å². The van der Waals surface area contributed by atoms with Gasteiger partial charge >= 0.3 is 0 Å². The van der Waals surface area contributed by atoms with Crippen molar-refractivity contribution in [3.05, 3.63) is 48.2 Å². The fraction of sp³-hybridized carbons (Fsp3) is 0.478. The largest absolute Gasteiger partial charge is 0.379 e. The Morgan fingerprint density at radius 1 is 1.12 bits per heavy atom. The number of piperidine rings is 1. The molecular weight excluding hydrogens is 460 g/mol. The number of hydrogen-bond donors (Lipinski definition) is 1. The van der Waals surface area contributed by atoms with Crippen molar-refractivity contribution in [2.24, 2.45) is 5.92 Å². The third-order valence-electron chi connectivity index (χ3n) is 6.13. The number of benzene rings is 1. The number of anilines is 1. The molecule has 3 heterocycles. The lowest BCUT2D eigenvalue weighted by Crippen LogP contribution is -2.43. The first-order valence-corrected chi connectivity index (χ1v) is 13.8. The molecule has 1 amide bonds. The molecule has 1 aromatic carbocycles. The number of hydrogen-bond acceptors (Lipinski definition) is 7. The SMILES string of the molecule is CSc1ccc(CNC(=O)C2CCN(c3ncccc3S(=O)(=O)N3CCOCC3)CC2)cc1. The Kier molecular flexibility index (Phi) is 7.90. The fourth-order valence-electron chi connectivity index (χ4n) is 4.18. The number of carbonyl (C=O) groups excluding carboxylic acids is 1. The zero-order valence-electron chi connectivity index (χ0n) is 18.8. The van der Waals surface area contributed by atoms with Gasteiger partial charge in [-0.1, -0.05) is 12.1 Å². The molecule has 0 atom stereocenters. The average Bonchev–Trinajstić information content (AvgIpc) is 2.88. The van der Waals surface area contributed by atoms with Crippen LogP contribution in [-0.4, -0.2) is 69.3 Å². The summed E-state index contributed by atoms with van der Waals surface area (Å²) in [5.41, 5.74) is 1.07. The van der Waals surface area contributed by atoms with Crippen molar-refractivity contribution in [2.45, 2.75) is 29.2 Å². The number of carbonyl (C=O) groups is 1. The van der Waals surface area contributed by atoms with Gasteiger partial charge in [-0.3, -0.25) is 4.79 Å². The first kappa shape index (κ1) is 24.0. The quantitative estimate of drug-likeness (QED) is 0.596. The van der Waals surface area contributed by atoms with Gasteiger partial charge in [0.1, 0.15) is 10.7 Å². The first-order chi connectivity index (χ1) is 16.0. The van der Waals surface area contributed by atoms with Crippen LogP contribution in [0.5, 0.6) is 0 Å². The smallest absolute Gasteiger partial charge is 0.246 e. The molecule has 8 nitrogen and oxygen atoms in total. The van der Waals surface area contributed by atoms with Crippen molar-refractivity contribution in [3.63, 3.8) is 0 Å². The zero-order chi connectivity index (χ0) is 23.3. The third-order valence-corrected chi connectivity index (χ3v) is 8.79. The molecule has 0 unspecified atom stereocenters. The highest BCUT2D eigenvalue weighted by molar-refractivity contribution is 7.98. The van der Waals surface area contributed by atoms with Gasteiger partial charge in [-0.25, -0.2) is 13.4 Å². The second-order valence-corrected chi connectivity index (χ2v) is 11.0. The lowest BCUT2D eigenvalue weighted by molar-refractivity contribution is -0.125. The van der Waals surface area contributed by atoms with E-state index in [2.05, 4.69) is 22.4 Å². The van der Waals surface area contributed by atoms with Gasteiger partial charge in [0.15, 0.2) is 0 Å². The Bertz CT molecular complexity index is 1050. The summed E-state index contributed by atoms with van der Waals surface area (Å²) < 4.78 is 33.2. The number of amides is 1. The van der Waals surface area contributed by atoms with Gasteiger partial charge in [0.2, 0.25) is 15.9 Å². The van der Waals surface area contributed by atoms with Crippen LogP contribution in [-0.2, 0) is 26.1 Å². The van der Waals surface area contributed by atoms with E-state index in [0.29, 0.717) is 64.6 Å². The zero-order valence-corrected chi connectivity index (χ0v) is 20.4. The van der Waals surface area contributed by atoms with Crippen molar-refractivity contribution in [1.29, 1.82) is 0 Å². The van der Waals surface area contributed by atoms with Gasteiger partial charge in [0.25, 0.3) is 0 Å². The molecule has 0 spiro atoms. The molecule has 10 heteroatoms. The Morgan fingerprint density at radius 2 is 1.82 bits per heavy atom. The van der Waals surface area contributed by atoms with Crippen molar-refractivity contribution in [2.75, 3.05) is 50.5 Å². The average molecular weight is 491 g/mol. The predicted molar refractivity (Wildman–Crippen MR) is 129 cm³/mol. The minimum absolute atomic E-state index is 0.0470. The number of morpholine rings is 1.